The Morgan fingerprint density at radius 2 is 1.71 bits per heavy atom. The maximum absolute atomic E-state index is 12.5. The van der Waals surface area contributed by atoms with Gasteiger partial charge in [0.25, 0.3) is 0 Å². The second kappa shape index (κ2) is 6.63. The first-order chi connectivity index (χ1) is 11.8. The lowest BCUT2D eigenvalue weighted by Crippen LogP contribution is -2.41. The van der Waals surface area contributed by atoms with Crippen molar-refractivity contribution < 1.29 is 9.21 Å². The van der Waals surface area contributed by atoms with Crippen LogP contribution in [0.3, 0.4) is 0 Å². The molecule has 0 bridgehead atoms. The van der Waals surface area contributed by atoms with Gasteiger partial charge in [-0.1, -0.05) is 23.3 Å². The van der Waals surface area contributed by atoms with Crippen molar-refractivity contribution in [2.45, 2.75) is 25.7 Å². The normalized spacial score (nSPS) is 19.0. The van der Waals surface area contributed by atoms with Crippen molar-refractivity contribution in [3.8, 4) is 11.5 Å². The minimum atomic E-state index is 0.149. The number of carbonyl (C=O) groups excluding carboxylic acids is 1. The summed E-state index contributed by atoms with van der Waals surface area (Å²) in [6.07, 6.45) is 4.01. The number of hydrogen-bond donors (Lipinski definition) is 0. The highest BCUT2D eigenvalue weighted by atomic mass is 16.4. The summed E-state index contributed by atoms with van der Waals surface area (Å²) in [6, 6.07) is 10.3. The molecule has 2 aliphatic heterocycles. The number of hydrogen-bond acceptors (Lipinski definition) is 5. The third-order valence-corrected chi connectivity index (χ3v) is 4.97. The number of anilines is 1. The zero-order chi connectivity index (χ0) is 16.4. The van der Waals surface area contributed by atoms with Crippen LogP contribution in [-0.2, 0) is 4.79 Å². The third kappa shape index (κ3) is 3.00. The van der Waals surface area contributed by atoms with Gasteiger partial charge in [-0.2, -0.15) is 0 Å². The molecule has 6 heteroatoms. The summed E-state index contributed by atoms with van der Waals surface area (Å²) in [5.41, 5.74) is 0.926. The first-order valence-corrected chi connectivity index (χ1v) is 8.74. The predicted molar refractivity (Wildman–Crippen MR) is 90.5 cm³/mol. The topological polar surface area (TPSA) is 62.5 Å². The van der Waals surface area contributed by atoms with Crippen LogP contribution in [0.15, 0.2) is 34.7 Å². The molecule has 0 unspecified atom stereocenters. The minimum absolute atomic E-state index is 0.149. The van der Waals surface area contributed by atoms with Crippen molar-refractivity contribution in [2.75, 3.05) is 31.1 Å². The van der Waals surface area contributed by atoms with Gasteiger partial charge >= 0.3 is 6.01 Å². The van der Waals surface area contributed by atoms with Crippen LogP contribution in [0, 0.1) is 5.92 Å². The Labute approximate surface area is 141 Å². The van der Waals surface area contributed by atoms with Gasteiger partial charge < -0.3 is 14.2 Å². The van der Waals surface area contributed by atoms with E-state index in [0.29, 0.717) is 17.8 Å². The lowest BCUT2D eigenvalue weighted by molar-refractivity contribution is -0.135. The van der Waals surface area contributed by atoms with Crippen molar-refractivity contribution in [3.05, 3.63) is 30.3 Å². The lowest BCUT2D eigenvalue weighted by atomic mass is 9.95. The highest BCUT2D eigenvalue weighted by Gasteiger charge is 2.31. The standard InChI is InChI=1S/C18H22N4O2/c23-17(21-10-4-5-11-21)15-8-12-22(13-9-15)18-20-19-16(24-18)14-6-2-1-3-7-14/h1-3,6-7,15H,4-5,8-13H2. The van der Waals surface area contributed by atoms with Crippen molar-refractivity contribution in [2.24, 2.45) is 5.92 Å². The minimum Gasteiger partial charge on any atom is -0.403 e. The zero-order valence-electron chi connectivity index (χ0n) is 13.7. The van der Waals surface area contributed by atoms with E-state index >= 15 is 0 Å². The number of aromatic nitrogens is 2. The summed E-state index contributed by atoms with van der Waals surface area (Å²) in [6.45, 7) is 3.45. The molecule has 0 atom stereocenters. The van der Waals surface area contributed by atoms with E-state index in [1.807, 2.05) is 35.2 Å². The molecule has 126 valence electrons. The molecule has 1 aromatic heterocycles. The SMILES string of the molecule is O=C(C1CCN(c2nnc(-c3ccccc3)o2)CC1)N1CCCC1. The maximum Gasteiger partial charge on any atom is 0.318 e. The van der Waals surface area contributed by atoms with Crippen LogP contribution < -0.4 is 4.90 Å². The molecule has 0 saturated carbocycles. The van der Waals surface area contributed by atoms with Gasteiger partial charge in [-0.05, 0) is 37.8 Å². The van der Waals surface area contributed by atoms with Gasteiger partial charge in [-0.15, -0.1) is 5.10 Å². The average Bonchev–Trinajstić information content (AvgIpc) is 3.34. The molecule has 2 saturated heterocycles. The molecule has 2 fully saturated rings. The number of benzene rings is 1. The van der Waals surface area contributed by atoms with Gasteiger partial charge in [0.15, 0.2) is 0 Å². The largest absolute Gasteiger partial charge is 0.403 e. The molecule has 0 aliphatic carbocycles. The molecular formula is C18H22N4O2. The van der Waals surface area contributed by atoms with E-state index in [0.717, 1.165) is 57.4 Å². The summed E-state index contributed by atoms with van der Waals surface area (Å²) in [4.78, 5) is 16.6. The Morgan fingerprint density at radius 1 is 1.00 bits per heavy atom. The molecular weight excluding hydrogens is 304 g/mol. The van der Waals surface area contributed by atoms with Gasteiger partial charge in [0.1, 0.15) is 0 Å². The Kier molecular flexibility index (Phi) is 4.19. The van der Waals surface area contributed by atoms with Gasteiger partial charge in [-0.3, -0.25) is 4.79 Å². The van der Waals surface area contributed by atoms with E-state index in [1.165, 1.54) is 0 Å². The van der Waals surface area contributed by atoms with Crippen molar-refractivity contribution >= 4 is 11.9 Å². The molecule has 6 nitrogen and oxygen atoms in total. The monoisotopic (exact) mass is 326 g/mol. The fourth-order valence-electron chi connectivity index (χ4n) is 3.55. The Bertz CT molecular complexity index is 686. The van der Waals surface area contributed by atoms with Crippen LogP contribution in [0.4, 0.5) is 6.01 Å². The van der Waals surface area contributed by atoms with Crippen LogP contribution >= 0.6 is 0 Å². The lowest BCUT2D eigenvalue weighted by Gasteiger charge is -2.31. The fourth-order valence-corrected chi connectivity index (χ4v) is 3.55. The predicted octanol–water partition coefficient (Wildman–Crippen LogP) is 2.58. The molecule has 0 spiro atoms. The average molecular weight is 326 g/mol. The smallest absolute Gasteiger partial charge is 0.318 e. The van der Waals surface area contributed by atoms with Crippen LogP contribution in [0.2, 0.25) is 0 Å². The van der Waals surface area contributed by atoms with Crippen molar-refractivity contribution in [1.82, 2.24) is 15.1 Å². The number of carbonyl (C=O) groups is 1. The van der Waals surface area contributed by atoms with Gasteiger partial charge in [-0.25, -0.2) is 0 Å². The molecule has 0 radical (unpaired) electrons. The van der Waals surface area contributed by atoms with E-state index in [2.05, 4.69) is 15.1 Å². The summed E-state index contributed by atoms with van der Waals surface area (Å²) in [5.74, 6) is 1.03. The summed E-state index contributed by atoms with van der Waals surface area (Å²) in [7, 11) is 0. The van der Waals surface area contributed by atoms with E-state index in [9.17, 15) is 4.79 Å². The number of nitrogens with zero attached hydrogens (tertiary/aromatic N) is 4. The van der Waals surface area contributed by atoms with E-state index in [-0.39, 0.29) is 5.92 Å². The van der Waals surface area contributed by atoms with Crippen molar-refractivity contribution in [1.29, 1.82) is 0 Å². The van der Waals surface area contributed by atoms with Crippen LogP contribution in [0.1, 0.15) is 25.7 Å². The fraction of sp³-hybridized carbons (Fsp3) is 0.500. The summed E-state index contributed by atoms with van der Waals surface area (Å²) in [5, 5.41) is 8.32. The van der Waals surface area contributed by atoms with Gasteiger partial charge in [0, 0.05) is 37.7 Å². The molecule has 1 amide bonds. The number of amides is 1. The zero-order valence-corrected chi connectivity index (χ0v) is 13.7. The molecule has 2 aliphatic rings. The molecule has 4 rings (SSSR count). The van der Waals surface area contributed by atoms with E-state index in [4.69, 9.17) is 4.42 Å². The van der Waals surface area contributed by atoms with Crippen LogP contribution in [0.5, 0.6) is 0 Å². The highest BCUT2D eigenvalue weighted by molar-refractivity contribution is 5.79. The summed E-state index contributed by atoms with van der Waals surface area (Å²) >= 11 is 0. The molecule has 1 aromatic carbocycles. The number of likely N-dealkylation sites (tertiary alicyclic amines) is 1. The molecule has 3 heterocycles. The van der Waals surface area contributed by atoms with Crippen LogP contribution in [0.25, 0.3) is 11.5 Å². The van der Waals surface area contributed by atoms with E-state index in [1.54, 1.807) is 0 Å². The Hall–Kier alpha value is -2.37. The number of piperidine rings is 1. The first-order valence-electron chi connectivity index (χ1n) is 8.74. The number of rotatable bonds is 3. The summed E-state index contributed by atoms with van der Waals surface area (Å²) < 4.78 is 5.81. The van der Waals surface area contributed by atoms with Crippen LogP contribution in [-0.4, -0.2) is 47.2 Å². The Morgan fingerprint density at radius 3 is 2.42 bits per heavy atom. The second-order valence-electron chi connectivity index (χ2n) is 6.55. The third-order valence-electron chi connectivity index (χ3n) is 4.97. The highest BCUT2D eigenvalue weighted by Crippen LogP contribution is 2.27. The quantitative estimate of drug-likeness (QED) is 0.867. The maximum atomic E-state index is 12.5. The van der Waals surface area contributed by atoms with Gasteiger partial charge in [0.2, 0.25) is 11.8 Å². The van der Waals surface area contributed by atoms with Crippen molar-refractivity contribution in [3.63, 3.8) is 0 Å². The Balaban J connectivity index is 1.38. The van der Waals surface area contributed by atoms with Gasteiger partial charge in [0.05, 0.1) is 0 Å². The molecule has 0 N–H and O–H groups in total. The first kappa shape index (κ1) is 15.2. The second-order valence-corrected chi connectivity index (χ2v) is 6.55. The molecule has 24 heavy (non-hydrogen) atoms. The molecule has 2 aromatic rings. The van der Waals surface area contributed by atoms with E-state index < -0.39 is 0 Å².